The summed E-state index contributed by atoms with van der Waals surface area (Å²) in [7, 11) is 0. The van der Waals surface area contributed by atoms with E-state index in [-0.39, 0.29) is 5.82 Å². The molecule has 0 aliphatic rings. The Hall–Kier alpha value is -1.44. The third kappa shape index (κ3) is 1.78. The Balaban J connectivity index is 3.12. The normalized spacial score (nSPS) is 10.5. The molecule has 0 heterocycles. The summed E-state index contributed by atoms with van der Waals surface area (Å²) in [4.78, 5) is 9.99. The molecule has 1 nitrogen and oxygen atoms in total. The molecule has 0 fully saturated rings. The Labute approximate surface area is 70.5 Å². The van der Waals surface area contributed by atoms with E-state index in [0.717, 1.165) is 5.56 Å². The first kappa shape index (κ1) is 8.65. The molecule has 0 saturated carbocycles. The molecule has 1 rings (SSSR count). The van der Waals surface area contributed by atoms with Crippen molar-refractivity contribution >= 4 is 12.4 Å². The molecule has 0 unspecified atom stereocenters. The minimum absolute atomic E-state index is 0.298. The summed E-state index contributed by atoms with van der Waals surface area (Å²) in [6.07, 6.45) is 3.38. The largest absolute Gasteiger partial charge is 0.299 e. The zero-order chi connectivity index (χ0) is 8.97. The van der Waals surface area contributed by atoms with E-state index in [1.54, 1.807) is 19.1 Å². The Kier molecular flexibility index (Phi) is 2.75. The topological polar surface area (TPSA) is 17.1 Å². The Morgan fingerprint density at radius 1 is 1.42 bits per heavy atom. The molecule has 1 aromatic rings. The number of carbonyl (C=O) groups is 1. The quantitative estimate of drug-likeness (QED) is 0.484. The maximum atomic E-state index is 13.0. The van der Waals surface area contributed by atoms with Gasteiger partial charge in [-0.15, -0.1) is 0 Å². The van der Waals surface area contributed by atoms with E-state index in [9.17, 15) is 9.18 Å². The first-order chi connectivity index (χ1) is 5.75. The summed E-state index contributed by atoms with van der Waals surface area (Å²) in [5, 5.41) is 0. The van der Waals surface area contributed by atoms with E-state index in [0.29, 0.717) is 11.8 Å². The number of carbonyl (C=O) groups excluding carboxylic acids is 1. The van der Waals surface area contributed by atoms with Crippen LogP contribution in [0.15, 0.2) is 24.3 Å². The third-order valence-electron chi connectivity index (χ3n) is 1.61. The molecule has 0 radical (unpaired) electrons. The molecule has 0 spiro atoms. The number of halogens is 1. The van der Waals surface area contributed by atoms with E-state index in [1.165, 1.54) is 18.2 Å². The van der Waals surface area contributed by atoms with Crippen molar-refractivity contribution in [3.63, 3.8) is 0 Å². The van der Waals surface area contributed by atoms with E-state index in [1.807, 2.05) is 0 Å². The van der Waals surface area contributed by atoms with Gasteiger partial charge in [-0.05, 0) is 30.7 Å². The first-order valence-corrected chi connectivity index (χ1v) is 3.62. The van der Waals surface area contributed by atoms with Gasteiger partial charge < -0.3 is 0 Å². The number of hydrogen-bond acceptors (Lipinski definition) is 1. The molecule has 0 aliphatic carbocycles. The average molecular weight is 164 g/mol. The highest BCUT2D eigenvalue weighted by Gasteiger charge is 1.99. The molecular weight excluding hydrogens is 155 g/mol. The minimum atomic E-state index is -0.298. The number of hydrogen-bond donors (Lipinski definition) is 0. The number of rotatable bonds is 2. The SMILES string of the molecule is Cc1cccc(F)c1C=CC=O. The molecule has 1 aromatic carbocycles. The Morgan fingerprint density at radius 3 is 2.75 bits per heavy atom. The molecule has 0 aromatic heterocycles. The van der Waals surface area contributed by atoms with Crippen LogP contribution in [0, 0.1) is 12.7 Å². The minimum Gasteiger partial charge on any atom is -0.299 e. The number of benzene rings is 1. The maximum absolute atomic E-state index is 13.0. The van der Waals surface area contributed by atoms with Gasteiger partial charge in [-0.3, -0.25) is 4.79 Å². The van der Waals surface area contributed by atoms with Crippen molar-refractivity contribution in [3.8, 4) is 0 Å². The van der Waals surface area contributed by atoms with Crippen LogP contribution in [0.1, 0.15) is 11.1 Å². The third-order valence-corrected chi connectivity index (χ3v) is 1.61. The van der Waals surface area contributed by atoms with Gasteiger partial charge in [0.15, 0.2) is 0 Å². The van der Waals surface area contributed by atoms with Crippen LogP contribution in [0.5, 0.6) is 0 Å². The van der Waals surface area contributed by atoms with Gasteiger partial charge in [-0.2, -0.15) is 0 Å². The molecule has 0 amide bonds. The van der Waals surface area contributed by atoms with Crippen LogP contribution in [-0.2, 0) is 4.79 Å². The fraction of sp³-hybridized carbons (Fsp3) is 0.100. The highest BCUT2D eigenvalue weighted by molar-refractivity contribution is 5.74. The predicted octanol–water partition coefficient (Wildman–Crippen LogP) is 2.35. The van der Waals surface area contributed by atoms with E-state index in [2.05, 4.69) is 0 Å². The zero-order valence-electron chi connectivity index (χ0n) is 6.75. The molecule has 0 N–H and O–H groups in total. The van der Waals surface area contributed by atoms with Crippen LogP contribution in [-0.4, -0.2) is 6.29 Å². The van der Waals surface area contributed by atoms with Crippen LogP contribution in [0.25, 0.3) is 6.08 Å². The number of aldehydes is 1. The molecule has 0 atom stereocenters. The van der Waals surface area contributed by atoms with Crippen LogP contribution in [0.2, 0.25) is 0 Å². The second-order valence-corrected chi connectivity index (χ2v) is 2.47. The van der Waals surface area contributed by atoms with E-state index < -0.39 is 0 Å². The lowest BCUT2D eigenvalue weighted by Gasteiger charge is -1.99. The van der Waals surface area contributed by atoms with Crippen LogP contribution >= 0.6 is 0 Å². The summed E-state index contributed by atoms with van der Waals surface area (Å²) in [5.41, 5.74) is 1.30. The summed E-state index contributed by atoms with van der Waals surface area (Å²) in [6.45, 7) is 1.80. The van der Waals surface area contributed by atoms with Crippen molar-refractivity contribution in [1.29, 1.82) is 0 Å². The highest BCUT2D eigenvalue weighted by Crippen LogP contribution is 2.13. The summed E-state index contributed by atoms with van der Waals surface area (Å²) < 4.78 is 13.0. The van der Waals surface area contributed by atoms with Gasteiger partial charge in [0.25, 0.3) is 0 Å². The predicted molar refractivity (Wildman–Crippen MR) is 46.2 cm³/mol. The fourth-order valence-corrected chi connectivity index (χ4v) is 0.991. The lowest BCUT2D eigenvalue weighted by molar-refractivity contribution is -0.104. The van der Waals surface area contributed by atoms with Gasteiger partial charge in [0.2, 0.25) is 0 Å². The van der Waals surface area contributed by atoms with Crippen molar-refractivity contribution in [1.82, 2.24) is 0 Å². The van der Waals surface area contributed by atoms with Crippen molar-refractivity contribution in [2.45, 2.75) is 6.92 Å². The van der Waals surface area contributed by atoms with Gasteiger partial charge in [0.05, 0.1) is 0 Å². The van der Waals surface area contributed by atoms with Crippen molar-refractivity contribution < 1.29 is 9.18 Å². The molecule has 2 heteroatoms. The van der Waals surface area contributed by atoms with E-state index >= 15 is 0 Å². The highest BCUT2D eigenvalue weighted by atomic mass is 19.1. The first-order valence-electron chi connectivity index (χ1n) is 3.62. The Bertz CT molecular complexity index is 295. The second kappa shape index (κ2) is 3.81. The lowest BCUT2D eigenvalue weighted by Crippen LogP contribution is -1.85. The molecular formula is C10H9FO. The maximum Gasteiger partial charge on any atom is 0.142 e. The standard InChI is InChI=1S/C10H9FO/c1-8-4-2-6-10(11)9(8)5-3-7-12/h2-7H,1H3. The average Bonchev–Trinajstić information content (AvgIpc) is 2.04. The van der Waals surface area contributed by atoms with Crippen LogP contribution in [0.3, 0.4) is 0 Å². The van der Waals surface area contributed by atoms with E-state index in [4.69, 9.17) is 0 Å². The fourth-order valence-electron chi connectivity index (χ4n) is 0.991. The monoisotopic (exact) mass is 164 g/mol. The molecule has 62 valence electrons. The zero-order valence-corrected chi connectivity index (χ0v) is 6.75. The second-order valence-electron chi connectivity index (χ2n) is 2.47. The summed E-state index contributed by atoms with van der Waals surface area (Å²) in [6, 6.07) is 4.81. The number of allylic oxidation sites excluding steroid dienone is 1. The van der Waals surface area contributed by atoms with Gasteiger partial charge in [-0.25, -0.2) is 4.39 Å². The van der Waals surface area contributed by atoms with Gasteiger partial charge in [0, 0.05) is 5.56 Å². The van der Waals surface area contributed by atoms with Crippen LogP contribution in [0.4, 0.5) is 4.39 Å². The van der Waals surface area contributed by atoms with Crippen molar-refractivity contribution in [2.24, 2.45) is 0 Å². The molecule has 0 bridgehead atoms. The lowest BCUT2D eigenvalue weighted by atomic mass is 10.1. The van der Waals surface area contributed by atoms with Gasteiger partial charge >= 0.3 is 0 Å². The molecule has 12 heavy (non-hydrogen) atoms. The van der Waals surface area contributed by atoms with Gasteiger partial charge in [-0.1, -0.05) is 12.1 Å². The van der Waals surface area contributed by atoms with Crippen molar-refractivity contribution in [2.75, 3.05) is 0 Å². The Morgan fingerprint density at radius 2 is 2.17 bits per heavy atom. The molecule has 0 saturated heterocycles. The smallest absolute Gasteiger partial charge is 0.142 e. The number of aryl methyl sites for hydroxylation is 1. The van der Waals surface area contributed by atoms with Gasteiger partial charge in [0.1, 0.15) is 12.1 Å². The molecule has 0 aliphatic heterocycles. The summed E-state index contributed by atoms with van der Waals surface area (Å²) >= 11 is 0. The van der Waals surface area contributed by atoms with Crippen molar-refractivity contribution in [3.05, 3.63) is 41.2 Å². The van der Waals surface area contributed by atoms with Crippen LogP contribution < -0.4 is 0 Å². The summed E-state index contributed by atoms with van der Waals surface area (Å²) in [5.74, 6) is -0.298.